The Morgan fingerprint density at radius 2 is 1.60 bits per heavy atom. The van der Waals surface area contributed by atoms with E-state index in [1.165, 1.54) is 11.1 Å². The molecule has 0 aliphatic carbocycles. The lowest BCUT2D eigenvalue weighted by Crippen LogP contribution is -2.12. The topological polar surface area (TPSA) is 30.5 Å². The fourth-order valence-corrected chi connectivity index (χ4v) is 2.17. The van der Waals surface area contributed by atoms with Crippen molar-refractivity contribution >= 4 is 0 Å². The minimum atomic E-state index is 0.329. The molecule has 1 unspecified atom stereocenters. The Bertz CT molecular complexity index is 581. The van der Waals surface area contributed by atoms with E-state index in [0.717, 1.165) is 17.1 Å². The van der Waals surface area contributed by atoms with Gasteiger partial charge in [0.25, 0.3) is 0 Å². The lowest BCUT2D eigenvalue weighted by molar-refractivity contribution is 0.355. The first kappa shape index (κ1) is 14.4. The van der Waals surface area contributed by atoms with E-state index in [2.05, 4.69) is 36.5 Å². The Labute approximate surface area is 120 Å². The average molecular weight is 271 g/mol. The maximum absolute atomic E-state index is 5.36. The highest BCUT2D eigenvalue weighted by molar-refractivity contribution is 5.68. The van der Waals surface area contributed by atoms with E-state index >= 15 is 0 Å². The van der Waals surface area contributed by atoms with Crippen LogP contribution in [0, 0.1) is 0 Å². The van der Waals surface area contributed by atoms with Crippen LogP contribution in [-0.2, 0) is 0 Å². The van der Waals surface area contributed by atoms with Crippen LogP contribution in [0.5, 0.6) is 11.5 Å². The van der Waals surface area contributed by atoms with Gasteiger partial charge in [-0.1, -0.05) is 24.3 Å². The maximum atomic E-state index is 5.36. The predicted molar refractivity (Wildman–Crippen MR) is 82.5 cm³/mol. The van der Waals surface area contributed by atoms with Crippen LogP contribution in [0.4, 0.5) is 0 Å². The van der Waals surface area contributed by atoms with Gasteiger partial charge in [-0.25, -0.2) is 0 Å². The van der Waals surface area contributed by atoms with Gasteiger partial charge in [-0.05, 0) is 48.9 Å². The maximum Gasteiger partial charge on any atom is 0.161 e. The minimum Gasteiger partial charge on any atom is -0.493 e. The van der Waals surface area contributed by atoms with E-state index in [4.69, 9.17) is 9.47 Å². The molecule has 3 nitrogen and oxygen atoms in total. The molecule has 2 aromatic carbocycles. The van der Waals surface area contributed by atoms with Gasteiger partial charge in [-0.15, -0.1) is 0 Å². The Hall–Kier alpha value is -2.00. The summed E-state index contributed by atoms with van der Waals surface area (Å²) in [7, 11) is 5.27. The van der Waals surface area contributed by atoms with E-state index in [0.29, 0.717) is 6.04 Å². The summed E-state index contributed by atoms with van der Waals surface area (Å²) < 4.78 is 10.6. The molecule has 2 aromatic rings. The first-order valence-corrected chi connectivity index (χ1v) is 6.69. The number of rotatable bonds is 5. The van der Waals surface area contributed by atoms with Gasteiger partial charge in [0.05, 0.1) is 14.2 Å². The Morgan fingerprint density at radius 3 is 2.25 bits per heavy atom. The average Bonchev–Trinajstić information content (AvgIpc) is 2.53. The molecule has 0 saturated carbocycles. The molecule has 0 amide bonds. The highest BCUT2D eigenvalue weighted by Gasteiger charge is 2.08. The highest BCUT2D eigenvalue weighted by atomic mass is 16.5. The standard InChI is InChI=1S/C17H21NO2/c1-12(18-2)13-6-5-7-14(10-13)15-8-9-16(19-3)17(11-15)20-4/h5-12,18H,1-4H3. The third-order valence-corrected chi connectivity index (χ3v) is 3.54. The molecule has 1 N–H and O–H groups in total. The van der Waals surface area contributed by atoms with Crippen molar-refractivity contribution in [1.82, 2.24) is 5.32 Å². The van der Waals surface area contributed by atoms with Crippen molar-refractivity contribution in [1.29, 1.82) is 0 Å². The zero-order chi connectivity index (χ0) is 14.5. The quantitative estimate of drug-likeness (QED) is 0.900. The molecule has 1 atom stereocenters. The number of ether oxygens (including phenoxy) is 2. The molecule has 0 aromatic heterocycles. The van der Waals surface area contributed by atoms with Crippen LogP contribution in [0.15, 0.2) is 42.5 Å². The van der Waals surface area contributed by atoms with Crippen molar-refractivity contribution in [3.8, 4) is 22.6 Å². The Kier molecular flexibility index (Phi) is 4.64. The molecule has 106 valence electrons. The summed E-state index contributed by atoms with van der Waals surface area (Å²) in [4.78, 5) is 0. The van der Waals surface area contributed by atoms with E-state index in [1.54, 1.807) is 14.2 Å². The summed E-state index contributed by atoms with van der Waals surface area (Å²) in [6.45, 7) is 2.15. The smallest absolute Gasteiger partial charge is 0.161 e. The first-order chi connectivity index (χ1) is 9.69. The van der Waals surface area contributed by atoms with Gasteiger partial charge in [-0.2, -0.15) is 0 Å². The second-order valence-corrected chi connectivity index (χ2v) is 4.71. The van der Waals surface area contributed by atoms with Crippen molar-refractivity contribution in [2.75, 3.05) is 21.3 Å². The van der Waals surface area contributed by atoms with Gasteiger partial charge >= 0.3 is 0 Å². The zero-order valence-corrected chi connectivity index (χ0v) is 12.4. The molecule has 20 heavy (non-hydrogen) atoms. The number of methoxy groups -OCH3 is 2. The zero-order valence-electron chi connectivity index (χ0n) is 12.4. The predicted octanol–water partition coefficient (Wildman–Crippen LogP) is 3.65. The van der Waals surface area contributed by atoms with Crippen molar-refractivity contribution in [2.45, 2.75) is 13.0 Å². The second-order valence-electron chi connectivity index (χ2n) is 4.71. The lowest BCUT2D eigenvalue weighted by Gasteiger charge is -2.13. The van der Waals surface area contributed by atoms with Gasteiger partial charge in [0.1, 0.15) is 0 Å². The molecule has 0 fully saturated rings. The molecule has 3 heteroatoms. The van der Waals surface area contributed by atoms with Crippen LogP contribution in [0.1, 0.15) is 18.5 Å². The van der Waals surface area contributed by atoms with E-state index in [9.17, 15) is 0 Å². The minimum absolute atomic E-state index is 0.329. The van der Waals surface area contributed by atoms with Gasteiger partial charge < -0.3 is 14.8 Å². The number of hydrogen-bond donors (Lipinski definition) is 1. The summed E-state index contributed by atoms with van der Waals surface area (Å²) in [6, 6.07) is 14.8. The van der Waals surface area contributed by atoms with Crippen molar-refractivity contribution in [3.63, 3.8) is 0 Å². The second kappa shape index (κ2) is 6.44. The number of hydrogen-bond acceptors (Lipinski definition) is 3. The largest absolute Gasteiger partial charge is 0.493 e. The van der Waals surface area contributed by atoms with E-state index in [1.807, 2.05) is 25.2 Å². The third kappa shape index (κ3) is 2.94. The molecular formula is C17H21NO2. The molecule has 0 spiro atoms. The van der Waals surface area contributed by atoms with Gasteiger partial charge in [-0.3, -0.25) is 0 Å². The lowest BCUT2D eigenvalue weighted by atomic mass is 10.00. The number of nitrogens with one attached hydrogen (secondary N) is 1. The van der Waals surface area contributed by atoms with Crippen LogP contribution < -0.4 is 14.8 Å². The van der Waals surface area contributed by atoms with Gasteiger partial charge in [0.2, 0.25) is 0 Å². The molecule has 0 aliphatic heterocycles. The van der Waals surface area contributed by atoms with Crippen LogP contribution in [-0.4, -0.2) is 21.3 Å². The van der Waals surface area contributed by atoms with Gasteiger partial charge in [0, 0.05) is 6.04 Å². The summed E-state index contributed by atoms with van der Waals surface area (Å²) >= 11 is 0. The molecular weight excluding hydrogens is 250 g/mol. The van der Waals surface area contributed by atoms with Crippen LogP contribution in [0.25, 0.3) is 11.1 Å². The summed E-state index contributed by atoms with van der Waals surface area (Å²) in [5.41, 5.74) is 3.55. The van der Waals surface area contributed by atoms with E-state index in [-0.39, 0.29) is 0 Å². The molecule has 0 bridgehead atoms. The summed E-state index contributed by atoms with van der Waals surface area (Å²) in [5.74, 6) is 1.49. The molecule has 0 radical (unpaired) electrons. The van der Waals surface area contributed by atoms with Crippen molar-refractivity contribution in [2.24, 2.45) is 0 Å². The Morgan fingerprint density at radius 1 is 0.900 bits per heavy atom. The molecule has 0 heterocycles. The fourth-order valence-electron chi connectivity index (χ4n) is 2.17. The van der Waals surface area contributed by atoms with Gasteiger partial charge in [0.15, 0.2) is 11.5 Å². The summed E-state index contributed by atoms with van der Waals surface area (Å²) in [6.07, 6.45) is 0. The van der Waals surface area contributed by atoms with Crippen LogP contribution in [0.3, 0.4) is 0 Å². The molecule has 2 rings (SSSR count). The van der Waals surface area contributed by atoms with E-state index < -0.39 is 0 Å². The number of benzene rings is 2. The van der Waals surface area contributed by atoms with Crippen LogP contribution in [0.2, 0.25) is 0 Å². The van der Waals surface area contributed by atoms with Crippen molar-refractivity contribution < 1.29 is 9.47 Å². The van der Waals surface area contributed by atoms with Crippen LogP contribution >= 0.6 is 0 Å². The Balaban J connectivity index is 2.41. The first-order valence-electron chi connectivity index (χ1n) is 6.69. The monoisotopic (exact) mass is 271 g/mol. The molecule has 0 aliphatic rings. The summed E-state index contributed by atoms with van der Waals surface area (Å²) in [5, 5.41) is 3.26. The highest BCUT2D eigenvalue weighted by Crippen LogP contribution is 2.32. The SMILES string of the molecule is CNC(C)c1cccc(-c2ccc(OC)c(OC)c2)c1. The third-order valence-electron chi connectivity index (χ3n) is 3.54. The van der Waals surface area contributed by atoms with Crippen molar-refractivity contribution in [3.05, 3.63) is 48.0 Å². The molecule has 0 saturated heterocycles. The fraction of sp³-hybridized carbons (Fsp3) is 0.294. The normalized spacial score (nSPS) is 12.0.